The maximum atomic E-state index is 11.8. The van der Waals surface area contributed by atoms with Crippen LogP contribution in [-0.4, -0.2) is 25.9 Å². The SMILES string of the molecule is CC/C(=N/NC(=S)Nc1ccccc1)c1c(O)[nH]c(=O)[nH]c1=O. The zero-order chi connectivity index (χ0) is 16.8. The normalized spacial score (nSPS) is 11.1. The van der Waals surface area contributed by atoms with Gasteiger partial charge in [-0.25, -0.2) is 4.79 Å². The summed E-state index contributed by atoms with van der Waals surface area (Å²) in [4.78, 5) is 27.0. The molecule has 0 aliphatic rings. The topological polar surface area (TPSA) is 122 Å². The Labute approximate surface area is 136 Å². The Kier molecular flexibility index (Phi) is 5.26. The molecule has 23 heavy (non-hydrogen) atoms. The molecule has 0 bridgehead atoms. The number of para-hydroxylation sites is 1. The highest BCUT2D eigenvalue weighted by atomic mass is 32.1. The molecule has 120 valence electrons. The Morgan fingerprint density at radius 2 is 1.96 bits per heavy atom. The number of hydrogen-bond acceptors (Lipinski definition) is 5. The maximum absolute atomic E-state index is 11.8. The zero-order valence-electron chi connectivity index (χ0n) is 12.2. The standard InChI is InChI=1S/C14H15N5O3S/c1-2-9(10-11(20)16-13(22)17-12(10)21)18-19-14(23)15-8-6-4-3-5-7-8/h3-7H,2H2,1H3,(H2,15,19,23)(H3,16,17,20,21,22)/b18-9-. The molecule has 0 unspecified atom stereocenters. The third-order valence-corrected chi connectivity index (χ3v) is 3.06. The molecule has 1 heterocycles. The molecule has 1 aromatic carbocycles. The Morgan fingerprint density at radius 3 is 2.57 bits per heavy atom. The minimum Gasteiger partial charge on any atom is -0.494 e. The van der Waals surface area contributed by atoms with E-state index in [0.717, 1.165) is 5.69 Å². The highest BCUT2D eigenvalue weighted by Crippen LogP contribution is 2.09. The van der Waals surface area contributed by atoms with E-state index in [1.54, 1.807) is 6.92 Å². The Balaban J connectivity index is 2.18. The van der Waals surface area contributed by atoms with Gasteiger partial charge < -0.3 is 10.4 Å². The molecule has 0 aliphatic carbocycles. The largest absolute Gasteiger partial charge is 0.494 e. The molecule has 0 spiro atoms. The number of aromatic nitrogens is 2. The monoisotopic (exact) mass is 333 g/mol. The van der Waals surface area contributed by atoms with Gasteiger partial charge in [0.15, 0.2) is 5.11 Å². The van der Waals surface area contributed by atoms with Gasteiger partial charge in [-0.2, -0.15) is 5.10 Å². The Hall–Kier alpha value is -2.94. The molecule has 0 fully saturated rings. The number of nitrogens with zero attached hydrogens (tertiary/aromatic N) is 1. The molecular formula is C14H15N5O3S. The van der Waals surface area contributed by atoms with Crippen molar-refractivity contribution in [2.75, 3.05) is 5.32 Å². The summed E-state index contributed by atoms with van der Waals surface area (Å²) >= 11 is 5.10. The third-order valence-electron chi connectivity index (χ3n) is 2.87. The quantitative estimate of drug-likeness (QED) is 0.321. The summed E-state index contributed by atoms with van der Waals surface area (Å²) in [6, 6.07) is 9.24. The number of benzene rings is 1. The summed E-state index contributed by atoms with van der Waals surface area (Å²) in [5.41, 5.74) is 2.00. The summed E-state index contributed by atoms with van der Waals surface area (Å²) in [6.07, 6.45) is 0.337. The van der Waals surface area contributed by atoms with E-state index in [0.29, 0.717) is 6.42 Å². The molecule has 0 atom stereocenters. The molecular weight excluding hydrogens is 318 g/mol. The van der Waals surface area contributed by atoms with E-state index < -0.39 is 17.1 Å². The predicted octanol–water partition coefficient (Wildman–Crippen LogP) is 0.869. The van der Waals surface area contributed by atoms with Crippen molar-refractivity contribution in [3.8, 4) is 5.88 Å². The van der Waals surface area contributed by atoms with Crippen LogP contribution in [0.3, 0.4) is 0 Å². The highest BCUT2D eigenvalue weighted by Gasteiger charge is 2.14. The highest BCUT2D eigenvalue weighted by molar-refractivity contribution is 7.80. The molecule has 1 aromatic heterocycles. The van der Waals surface area contributed by atoms with E-state index in [-0.39, 0.29) is 16.4 Å². The predicted molar refractivity (Wildman–Crippen MR) is 92.0 cm³/mol. The van der Waals surface area contributed by atoms with E-state index in [1.165, 1.54) is 0 Å². The van der Waals surface area contributed by atoms with Crippen molar-refractivity contribution >= 4 is 28.7 Å². The third kappa shape index (κ3) is 4.27. The summed E-state index contributed by atoms with van der Waals surface area (Å²) in [7, 11) is 0. The van der Waals surface area contributed by atoms with Crippen molar-refractivity contribution < 1.29 is 5.11 Å². The lowest BCUT2D eigenvalue weighted by atomic mass is 10.1. The summed E-state index contributed by atoms with van der Waals surface area (Å²) < 4.78 is 0. The van der Waals surface area contributed by atoms with Crippen LogP contribution in [0.4, 0.5) is 5.69 Å². The molecule has 0 saturated carbocycles. The van der Waals surface area contributed by atoms with Crippen molar-refractivity contribution in [3.05, 3.63) is 56.7 Å². The fourth-order valence-corrected chi connectivity index (χ4v) is 2.02. The van der Waals surface area contributed by atoms with Gasteiger partial charge in [0.1, 0.15) is 5.56 Å². The number of aromatic amines is 2. The minimum absolute atomic E-state index is 0.109. The lowest BCUT2D eigenvalue weighted by Crippen LogP contribution is -2.30. The number of hydrazone groups is 1. The van der Waals surface area contributed by atoms with Gasteiger partial charge in [0, 0.05) is 5.69 Å². The minimum atomic E-state index is -0.791. The van der Waals surface area contributed by atoms with Crippen LogP contribution < -0.4 is 22.0 Å². The molecule has 0 aliphatic heterocycles. The molecule has 2 rings (SSSR count). The van der Waals surface area contributed by atoms with Crippen molar-refractivity contribution in [1.29, 1.82) is 0 Å². The van der Waals surface area contributed by atoms with Crippen LogP contribution >= 0.6 is 12.2 Å². The number of rotatable bonds is 4. The first-order valence-corrected chi connectivity index (χ1v) is 7.16. The molecule has 5 N–H and O–H groups in total. The Morgan fingerprint density at radius 1 is 1.26 bits per heavy atom. The van der Waals surface area contributed by atoms with Crippen molar-refractivity contribution in [2.45, 2.75) is 13.3 Å². The summed E-state index contributed by atoms with van der Waals surface area (Å²) in [5, 5.41) is 16.9. The summed E-state index contributed by atoms with van der Waals surface area (Å²) in [5.74, 6) is -0.539. The lowest BCUT2D eigenvalue weighted by molar-refractivity contribution is 0.447. The van der Waals surface area contributed by atoms with E-state index in [2.05, 4.69) is 20.8 Å². The van der Waals surface area contributed by atoms with Gasteiger partial charge in [0.25, 0.3) is 5.56 Å². The molecule has 0 radical (unpaired) electrons. The first-order chi connectivity index (χ1) is 11.0. The molecule has 2 aromatic rings. The van der Waals surface area contributed by atoms with Crippen LogP contribution in [-0.2, 0) is 0 Å². The van der Waals surface area contributed by atoms with E-state index in [9.17, 15) is 14.7 Å². The van der Waals surface area contributed by atoms with Crippen LogP contribution in [0.25, 0.3) is 0 Å². The average molecular weight is 333 g/mol. The van der Waals surface area contributed by atoms with Gasteiger partial charge in [0.2, 0.25) is 5.88 Å². The van der Waals surface area contributed by atoms with Crippen LogP contribution in [0.5, 0.6) is 5.88 Å². The maximum Gasteiger partial charge on any atom is 0.328 e. The van der Waals surface area contributed by atoms with Crippen LogP contribution in [0.1, 0.15) is 18.9 Å². The van der Waals surface area contributed by atoms with Crippen molar-refractivity contribution in [3.63, 3.8) is 0 Å². The van der Waals surface area contributed by atoms with Gasteiger partial charge in [-0.3, -0.25) is 20.2 Å². The second-order valence-corrected chi connectivity index (χ2v) is 4.88. The van der Waals surface area contributed by atoms with Gasteiger partial charge in [0.05, 0.1) is 5.71 Å². The number of H-pyrrole nitrogens is 2. The van der Waals surface area contributed by atoms with Crippen molar-refractivity contribution in [1.82, 2.24) is 15.4 Å². The molecule has 9 heteroatoms. The number of nitrogens with one attached hydrogen (secondary N) is 4. The average Bonchev–Trinajstić information content (AvgIpc) is 2.50. The number of aromatic hydroxyl groups is 1. The van der Waals surface area contributed by atoms with Gasteiger partial charge in [-0.05, 0) is 30.8 Å². The lowest BCUT2D eigenvalue weighted by Gasteiger charge is -2.09. The van der Waals surface area contributed by atoms with Crippen molar-refractivity contribution in [2.24, 2.45) is 5.10 Å². The van der Waals surface area contributed by atoms with Crippen LogP contribution in [0, 0.1) is 0 Å². The number of hydrogen-bond donors (Lipinski definition) is 5. The van der Waals surface area contributed by atoms with Gasteiger partial charge in [-0.1, -0.05) is 25.1 Å². The van der Waals surface area contributed by atoms with Gasteiger partial charge in [-0.15, -0.1) is 0 Å². The fourth-order valence-electron chi connectivity index (χ4n) is 1.85. The number of anilines is 1. The fraction of sp³-hybridized carbons (Fsp3) is 0.143. The summed E-state index contributed by atoms with van der Waals surface area (Å²) in [6.45, 7) is 1.75. The molecule has 0 amide bonds. The second kappa shape index (κ2) is 7.36. The van der Waals surface area contributed by atoms with Gasteiger partial charge >= 0.3 is 5.69 Å². The van der Waals surface area contributed by atoms with Crippen LogP contribution in [0.15, 0.2) is 45.0 Å². The first kappa shape index (κ1) is 16.4. The smallest absolute Gasteiger partial charge is 0.328 e. The Bertz CT molecular complexity index is 841. The number of thiocarbonyl (C=S) groups is 1. The molecule has 8 nitrogen and oxygen atoms in total. The van der Waals surface area contributed by atoms with E-state index >= 15 is 0 Å². The second-order valence-electron chi connectivity index (χ2n) is 4.48. The molecule has 0 saturated heterocycles. The zero-order valence-corrected chi connectivity index (χ0v) is 13.0. The van der Waals surface area contributed by atoms with E-state index in [1.807, 2.05) is 35.3 Å². The van der Waals surface area contributed by atoms with Crippen LogP contribution in [0.2, 0.25) is 0 Å². The first-order valence-electron chi connectivity index (χ1n) is 6.75. The van der Waals surface area contributed by atoms with E-state index in [4.69, 9.17) is 12.2 Å².